The molecule has 3 aliphatic rings. The lowest BCUT2D eigenvalue weighted by Gasteiger charge is -2.32. The molecule has 2 aliphatic heterocycles. The Labute approximate surface area is 201 Å². The summed E-state index contributed by atoms with van der Waals surface area (Å²) in [6.45, 7) is 4.02. The smallest absolute Gasteiger partial charge is 0.258 e. The van der Waals surface area contributed by atoms with Crippen molar-refractivity contribution < 1.29 is 14.4 Å². The van der Waals surface area contributed by atoms with Gasteiger partial charge < -0.3 is 10.2 Å². The lowest BCUT2D eigenvalue weighted by molar-refractivity contribution is -0.141. The minimum atomic E-state index is -1.06. The van der Waals surface area contributed by atoms with Crippen molar-refractivity contribution in [1.29, 1.82) is 0 Å². The lowest BCUT2D eigenvalue weighted by Crippen LogP contribution is -2.45. The number of hydrogen-bond acceptors (Lipinski definition) is 4. The van der Waals surface area contributed by atoms with Crippen LogP contribution in [0.4, 0.5) is 0 Å². The molecular weight excluding hydrogens is 426 g/mol. The van der Waals surface area contributed by atoms with E-state index in [1.54, 1.807) is 13.0 Å². The summed E-state index contributed by atoms with van der Waals surface area (Å²) in [6, 6.07) is 18.1. The molecule has 6 heteroatoms. The van der Waals surface area contributed by atoms with Crippen LogP contribution >= 0.6 is 0 Å². The molecular formula is C28H33N3O3. The number of benzene rings is 2. The van der Waals surface area contributed by atoms with Crippen molar-refractivity contribution in [2.24, 2.45) is 11.8 Å². The van der Waals surface area contributed by atoms with Crippen LogP contribution in [-0.2, 0) is 16.1 Å². The van der Waals surface area contributed by atoms with Crippen LogP contribution in [-0.4, -0.2) is 41.9 Å². The molecule has 2 aromatic rings. The molecule has 2 aromatic carbocycles. The second-order valence-corrected chi connectivity index (χ2v) is 10.0. The first-order valence-corrected chi connectivity index (χ1v) is 12.4. The van der Waals surface area contributed by atoms with E-state index in [2.05, 4.69) is 35.1 Å². The largest absolute Gasteiger partial charge is 0.353 e. The zero-order chi connectivity index (χ0) is 23.5. The van der Waals surface area contributed by atoms with Gasteiger partial charge in [0.15, 0.2) is 5.60 Å². The highest BCUT2D eigenvalue weighted by molar-refractivity contribution is 5.95. The minimum Gasteiger partial charge on any atom is -0.353 e. The Balaban J connectivity index is 1.20. The summed E-state index contributed by atoms with van der Waals surface area (Å²) in [5.41, 5.74) is 5.41. The SMILES string of the molecule is CC1(C(=O)NCC2CC2)C=C(c2cccc(C(=O)N3CCC(Cc4ccccc4)CC3)c2)NO1. The van der Waals surface area contributed by atoms with Crippen LogP contribution in [0.25, 0.3) is 5.70 Å². The van der Waals surface area contributed by atoms with Gasteiger partial charge in [-0.15, -0.1) is 0 Å². The monoisotopic (exact) mass is 459 g/mol. The summed E-state index contributed by atoms with van der Waals surface area (Å²) in [7, 11) is 0. The Morgan fingerprint density at radius 2 is 1.79 bits per heavy atom. The standard InChI is InChI=1S/C28H33N3O3/c1-28(27(33)29-19-22-10-11-22)18-25(30-34-28)23-8-5-9-24(17-23)26(32)31-14-12-21(13-15-31)16-20-6-3-2-4-7-20/h2-9,17-18,21-22,30H,10-16,19H2,1H3,(H,29,33). The molecule has 2 fully saturated rings. The average Bonchev–Trinajstić information content (AvgIpc) is 3.62. The number of nitrogens with one attached hydrogen (secondary N) is 2. The summed E-state index contributed by atoms with van der Waals surface area (Å²) in [5, 5.41) is 2.98. The first-order chi connectivity index (χ1) is 16.5. The van der Waals surface area contributed by atoms with Gasteiger partial charge in [0.05, 0.1) is 5.70 Å². The Morgan fingerprint density at radius 1 is 1.03 bits per heavy atom. The van der Waals surface area contributed by atoms with E-state index in [-0.39, 0.29) is 11.8 Å². The molecule has 6 nitrogen and oxygen atoms in total. The molecule has 1 saturated carbocycles. The zero-order valence-corrected chi connectivity index (χ0v) is 19.8. The van der Waals surface area contributed by atoms with Gasteiger partial charge in [0.25, 0.3) is 11.8 Å². The van der Waals surface area contributed by atoms with Gasteiger partial charge in [-0.25, -0.2) is 0 Å². The number of likely N-dealkylation sites (tertiary alicyclic amines) is 1. The van der Waals surface area contributed by atoms with Crippen molar-refractivity contribution in [3.63, 3.8) is 0 Å². The van der Waals surface area contributed by atoms with Gasteiger partial charge in [-0.05, 0) is 74.6 Å². The molecule has 0 bridgehead atoms. The van der Waals surface area contributed by atoms with Crippen LogP contribution in [0.15, 0.2) is 60.7 Å². The maximum Gasteiger partial charge on any atom is 0.258 e. The van der Waals surface area contributed by atoms with Crippen molar-refractivity contribution in [2.45, 2.75) is 44.6 Å². The predicted octanol–water partition coefficient (Wildman–Crippen LogP) is 3.94. The first kappa shape index (κ1) is 22.7. The normalized spacial score (nSPS) is 22.7. The number of carbonyl (C=O) groups excluding carboxylic acids is 2. The fourth-order valence-corrected chi connectivity index (χ4v) is 4.77. The number of amides is 2. The maximum absolute atomic E-state index is 13.2. The van der Waals surface area contributed by atoms with E-state index in [0.29, 0.717) is 29.6 Å². The number of hydrogen-bond donors (Lipinski definition) is 2. The Hall–Kier alpha value is -3.12. The van der Waals surface area contributed by atoms with Gasteiger partial charge in [-0.2, -0.15) is 0 Å². The van der Waals surface area contributed by atoms with Crippen LogP contribution in [0.2, 0.25) is 0 Å². The second-order valence-electron chi connectivity index (χ2n) is 10.0. The van der Waals surface area contributed by atoms with E-state index in [4.69, 9.17) is 4.84 Å². The fraction of sp³-hybridized carbons (Fsp3) is 0.429. The second kappa shape index (κ2) is 9.63. The van der Waals surface area contributed by atoms with Crippen molar-refractivity contribution >= 4 is 17.5 Å². The molecule has 1 atom stereocenters. The molecule has 2 N–H and O–H groups in total. The topological polar surface area (TPSA) is 70.7 Å². The van der Waals surface area contributed by atoms with Crippen LogP contribution in [0, 0.1) is 11.8 Å². The average molecular weight is 460 g/mol. The summed E-state index contributed by atoms with van der Waals surface area (Å²) in [5.74, 6) is 1.14. The Morgan fingerprint density at radius 3 is 2.53 bits per heavy atom. The summed E-state index contributed by atoms with van der Waals surface area (Å²) in [6.07, 6.45) is 7.29. The molecule has 2 amide bonds. The van der Waals surface area contributed by atoms with Crippen LogP contribution in [0.1, 0.15) is 54.1 Å². The number of carbonyl (C=O) groups is 2. The Kier molecular flexibility index (Phi) is 6.42. The highest BCUT2D eigenvalue weighted by Gasteiger charge is 2.39. The van der Waals surface area contributed by atoms with E-state index in [1.165, 1.54) is 18.4 Å². The maximum atomic E-state index is 13.2. The van der Waals surface area contributed by atoms with E-state index in [9.17, 15) is 9.59 Å². The van der Waals surface area contributed by atoms with E-state index in [1.807, 2.05) is 35.2 Å². The molecule has 0 spiro atoms. The van der Waals surface area contributed by atoms with E-state index >= 15 is 0 Å². The highest BCUT2D eigenvalue weighted by atomic mass is 16.7. The lowest BCUT2D eigenvalue weighted by atomic mass is 9.90. The van der Waals surface area contributed by atoms with Crippen LogP contribution in [0.3, 0.4) is 0 Å². The third kappa shape index (κ3) is 5.17. The Bertz CT molecular complexity index is 1070. The van der Waals surface area contributed by atoms with Crippen molar-refractivity contribution in [3.8, 4) is 0 Å². The molecule has 0 aromatic heterocycles. The van der Waals surface area contributed by atoms with Gasteiger partial charge in [-0.1, -0.05) is 42.5 Å². The van der Waals surface area contributed by atoms with Gasteiger partial charge in [-0.3, -0.25) is 19.9 Å². The van der Waals surface area contributed by atoms with Gasteiger partial charge in [0.2, 0.25) is 0 Å². The van der Waals surface area contributed by atoms with Gasteiger partial charge in [0.1, 0.15) is 0 Å². The minimum absolute atomic E-state index is 0.0597. The summed E-state index contributed by atoms with van der Waals surface area (Å²) >= 11 is 0. The highest BCUT2D eigenvalue weighted by Crippen LogP contribution is 2.30. The van der Waals surface area contributed by atoms with Crippen molar-refractivity contribution in [2.75, 3.05) is 19.6 Å². The third-order valence-corrected chi connectivity index (χ3v) is 7.18. The first-order valence-electron chi connectivity index (χ1n) is 12.4. The van der Waals surface area contributed by atoms with Crippen LogP contribution in [0.5, 0.6) is 0 Å². The molecule has 2 heterocycles. The molecule has 34 heavy (non-hydrogen) atoms. The fourth-order valence-electron chi connectivity index (χ4n) is 4.77. The van der Waals surface area contributed by atoms with E-state index < -0.39 is 5.60 Å². The van der Waals surface area contributed by atoms with E-state index in [0.717, 1.165) is 37.9 Å². The number of rotatable bonds is 7. The molecule has 1 aliphatic carbocycles. The summed E-state index contributed by atoms with van der Waals surface area (Å²) in [4.78, 5) is 33.4. The third-order valence-electron chi connectivity index (χ3n) is 7.18. The van der Waals surface area contributed by atoms with Gasteiger partial charge >= 0.3 is 0 Å². The molecule has 5 rings (SSSR count). The number of piperidine rings is 1. The van der Waals surface area contributed by atoms with Crippen LogP contribution < -0.4 is 10.8 Å². The quantitative estimate of drug-likeness (QED) is 0.658. The molecule has 1 saturated heterocycles. The van der Waals surface area contributed by atoms with Crippen molar-refractivity contribution in [3.05, 3.63) is 77.4 Å². The van der Waals surface area contributed by atoms with Gasteiger partial charge in [0, 0.05) is 30.8 Å². The zero-order valence-electron chi connectivity index (χ0n) is 19.8. The number of nitrogens with zero attached hydrogens (tertiary/aromatic N) is 1. The molecule has 178 valence electrons. The predicted molar refractivity (Wildman–Crippen MR) is 132 cm³/mol. The molecule has 1 unspecified atom stereocenters. The summed E-state index contributed by atoms with van der Waals surface area (Å²) < 4.78 is 0. The molecule has 0 radical (unpaired) electrons. The van der Waals surface area contributed by atoms with Crippen molar-refractivity contribution in [1.82, 2.24) is 15.7 Å². The number of hydroxylamine groups is 1.